The number of ether oxygens (including phenoxy) is 1. The van der Waals surface area contributed by atoms with Crippen molar-refractivity contribution in [1.29, 1.82) is 0 Å². The van der Waals surface area contributed by atoms with E-state index in [9.17, 15) is 15.2 Å². The summed E-state index contributed by atoms with van der Waals surface area (Å²) in [4.78, 5) is 10.6. The first-order valence-corrected chi connectivity index (χ1v) is 9.55. The van der Waals surface area contributed by atoms with E-state index < -0.39 is 10.6 Å². The zero-order valence-corrected chi connectivity index (χ0v) is 18.0. The number of non-ortho nitro benzene ring substituents is 1. The van der Waals surface area contributed by atoms with Crippen molar-refractivity contribution in [2.24, 2.45) is 0 Å². The van der Waals surface area contributed by atoms with E-state index in [4.69, 9.17) is 4.74 Å². The lowest BCUT2D eigenvalue weighted by Gasteiger charge is -2.30. The normalized spacial score (nSPS) is 21.2. The lowest BCUT2D eigenvalue weighted by atomic mass is 9.94. The van der Waals surface area contributed by atoms with Crippen LogP contribution in [0.1, 0.15) is 36.8 Å². The van der Waals surface area contributed by atoms with Crippen molar-refractivity contribution >= 4 is 28.4 Å². The van der Waals surface area contributed by atoms with E-state index in [2.05, 4.69) is 9.69 Å². The van der Waals surface area contributed by atoms with Crippen LogP contribution >= 0.6 is 17.0 Å². The predicted octanol–water partition coefficient (Wildman–Crippen LogP) is 3.63. The summed E-state index contributed by atoms with van der Waals surface area (Å²) in [6.07, 6.45) is 3.60. The van der Waals surface area contributed by atoms with Crippen LogP contribution in [0, 0.1) is 10.1 Å². The molecule has 2 aromatic carbocycles. The van der Waals surface area contributed by atoms with Gasteiger partial charge in [0.2, 0.25) is 11.4 Å². The molecule has 0 aliphatic carbocycles. The number of hydrogen-bond donors (Lipinski definition) is 1. The standard InChI is InChI=1S/C21H24N3O4.BrH/c1-28-19-11-7-17(8-12-19)21(25)15-20(22-13-3-2-4-14-23(21)22)16-5-9-18(10-6-16)24(26)27;/h5-12,25H,2-4,13-15H2,1H3;1H/q+1;. The highest BCUT2D eigenvalue weighted by atomic mass is 79.9. The van der Waals surface area contributed by atoms with Crippen LogP contribution in [-0.4, -0.2) is 45.6 Å². The summed E-state index contributed by atoms with van der Waals surface area (Å²) in [6.45, 7) is 1.59. The molecule has 0 amide bonds. The first-order valence-electron chi connectivity index (χ1n) is 9.55. The van der Waals surface area contributed by atoms with Gasteiger partial charge < -0.3 is 9.84 Å². The zero-order chi connectivity index (χ0) is 19.7. The van der Waals surface area contributed by atoms with Gasteiger partial charge in [-0.1, -0.05) is 12.1 Å². The lowest BCUT2D eigenvalue weighted by Crippen LogP contribution is -2.46. The van der Waals surface area contributed by atoms with Gasteiger partial charge in [0.25, 0.3) is 5.69 Å². The molecule has 7 nitrogen and oxygen atoms in total. The van der Waals surface area contributed by atoms with Crippen LogP contribution in [-0.2, 0) is 5.72 Å². The Kier molecular flexibility index (Phi) is 6.24. The first kappa shape index (κ1) is 21.3. The Morgan fingerprint density at radius 2 is 1.79 bits per heavy atom. The molecule has 1 fully saturated rings. The van der Waals surface area contributed by atoms with E-state index in [-0.39, 0.29) is 22.7 Å². The van der Waals surface area contributed by atoms with Crippen LogP contribution in [0.25, 0.3) is 0 Å². The summed E-state index contributed by atoms with van der Waals surface area (Å²) in [7, 11) is 1.62. The molecule has 1 atom stereocenters. The fraction of sp³-hybridized carbons (Fsp3) is 0.381. The number of hydrazine groups is 1. The van der Waals surface area contributed by atoms with Crippen molar-refractivity contribution in [1.82, 2.24) is 5.01 Å². The van der Waals surface area contributed by atoms with Crippen molar-refractivity contribution in [3.8, 4) is 5.75 Å². The Labute approximate surface area is 180 Å². The van der Waals surface area contributed by atoms with Gasteiger partial charge in [0.05, 0.1) is 25.0 Å². The van der Waals surface area contributed by atoms with Crippen LogP contribution in [0.15, 0.2) is 48.5 Å². The number of halogens is 1. The van der Waals surface area contributed by atoms with Gasteiger partial charge in [-0.2, -0.15) is 0 Å². The van der Waals surface area contributed by atoms with E-state index in [0.29, 0.717) is 6.42 Å². The molecule has 0 saturated carbocycles. The third-order valence-electron chi connectivity index (χ3n) is 5.65. The number of methoxy groups -OCH3 is 1. The molecule has 2 aliphatic heterocycles. The van der Waals surface area contributed by atoms with E-state index in [0.717, 1.165) is 54.9 Å². The van der Waals surface area contributed by atoms with E-state index in [1.54, 1.807) is 19.2 Å². The summed E-state index contributed by atoms with van der Waals surface area (Å²) >= 11 is 0. The molecule has 0 spiro atoms. The molecule has 0 aromatic heterocycles. The molecule has 8 heteroatoms. The van der Waals surface area contributed by atoms with Crippen molar-refractivity contribution in [3.63, 3.8) is 0 Å². The fourth-order valence-electron chi connectivity index (χ4n) is 4.16. The number of nitro groups is 1. The summed E-state index contributed by atoms with van der Waals surface area (Å²) in [6, 6.07) is 14.1. The minimum Gasteiger partial charge on any atom is -0.497 e. The van der Waals surface area contributed by atoms with Crippen LogP contribution < -0.4 is 4.74 Å². The SMILES string of the molecule is Br.COc1ccc(C2(O)CC(c3ccc([N+](=O)[O-])cc3)=[N+]3CCCCCN32)cc1. The first-order chi connectivity index (χ1) is 13.5. The molecule has 4 rings (SSSR count). The van der Waals surface area contributed by atoms with Crippen molar-refractivity contribution in [2.45, 2.75) is 31.4 Å². The number of benzene rings is 2. The maximum absolute atomic E-state index is 11.7. The molecule has 0 bridgehead atoms. The quantitative estimate of drug-likeness (QED) is 0.426. The molecule has 1 unspecified atom stereocenters. The maximum Gasteiger partial charge on any atom is 0.269 e. The van der Waals surface area contributed by atoms with Gasteiger partial charge in [-0.15, -0.1) is 26.7 Å². The number of hydrogen-bond acceptors (Lipinski definition) is 5. The van der Waals surface area contributed by atoms with Gasteiger partial charge in [0, 0.05) is 29.7 Å². The average Bonchev–Trinajstić information content (AvgIpc) is 2.87. The Bertz CT molecular complexity index is 915. The molecule has 1 saturated heterocycles. The Morgan fingerprint density at radius 1 is 1.10 bits per heavy atom. The lowest BCUT2D eigenvalue weighted by molar-refractivity contribution is -0.706. The largest absolute Gasteiger partial charge is 0.497 e. The highest BCUT2D eigenvalue weighted by molar-refractivity contribution is 8.93. The summed E-state index contributed by atoms with van der Waals surface area (Å²) in [5.74, 6) is 0.748. The number of hydrazone groups is 1. The highest BCUT2D eigenvalue weighted by Crippen LogP contribution is 2.38. The molecular weight excluding hydrogens is 438 g/mol. The second kappa shape index (κ2) is 8.51. The molecule has 2 heterocycles. The maximum atomic E-state index is 11.7. The second-order valence-corrected chi connectivity index (χ2v) is 7.28. The number of nitrogens with zero attached hydrogens (tertiary/aromatic N) is 3. The van der Waals surface area contributed by atoms with E-state index in [1.165, 1.54) is 12.1 Å². The minimum atomic E-state index is -1.15. The van der Waals surface area contributed by atoms with Gasteiger partial charge in [-0.3, -0.25) is 10.1 Å². The van der Waals surface area contributed by atoms with Crippen LogP contribution in [0.5, 0.6) is 5.75 Å². The van der Waals surface area contributed by atoms with Crippen molar-refractivity contribution in [2.75, 3.05) is 20.2 Å². The molecule has 2 aliphatic rings. The fourth-order valence-corrected chi connectivity index (χ4v) is 4.16. The van der Waals surface area contributed by atoms with Crippen LogP contribution in [0.3, 0.4) is 0 Å². The smallest absolute Gasteiger partial charge is 0.269 e. The van der Waals surface area contributed by atoms with Gasteiger partial charge in [0.15, 0.2) is 6.54 Å². The number of fused-ring (bicyclic) bond motifs is 1. The van der Waals surface area contributed by atoms with Gasteiger partial charge in [0.1, 0.15) is 5.75 Å². The third-order valence-corrected chi connectivity index (χ3v) is 5.65. The average molecular weight is 463 g/mol. The van der Waals surface area contributed by atoms with Crippen molar-refractivity contribution < 1.29 is 19.5 Å². The van der Waals surface area contributed by atoms with Gasteiger partial charge in [-0.05, 0) is 37.1 Å². The molecule has 1 N–H and O–H groups in total. The molecule has 2 aromatic rings. The molecular formula is C21H25BrN3O4+. The monoisotopic (exact) mass is 462 g/mol. The number of aliphatic hydroxyl groups is 1. The highest BCUT2D eigenvalue weighted by Gasteiger charge is 2.52. The molecule has 154 valence electrons. The zero-order valence-electron chi connectivity index (χ0n) is 16.3. The summed E-state index contributed by atoms with van der Waals surface area (Å²) in [5.41, 5.74) is 1.64. The molecule has 0 radical (unpaired) electrons. The van der Waals surface area contributed by atoms with Crippen molar-refractivity contribution in [3.05, 3.63) is 69.8 Å². The summed E-state index contributed by atoms with van der Waals surface area (Å²) in [5, 5.41) is 24.8. The Balaban J connectivity index is 0.00000240. The topological polar surface area (TPSA) is 78.8 Å². The van der Waals surface area contributed by atoms with Crippen LogP contribution in [0.4, 0.5) is 5.69 Å². The Hall–Kier alpha value is -2.45. The van der Waals surface area contributed by atoms with Gasteiger partial charge in [-0.25, -0.2) is 0 Å². The van der Waals surface area contributed by atoms with E-state index >= 15 is 0 Å². The number of rotatable bonds is 4. The minimum absolute atomic E-state index is 0. The Morgan fingerprint density at radius 3 is 2.41 bits per heavy atom. The van der Waals surface area contributed by atoms with Crippen LogP contribution in [0.2, 0.25) is 0 Å². The third kappa shape index (κ3) is 3.86. The van der Waals surface area contributed by atoms with Gasteiger partial charge >= 0.3 is 0 Å². The molecule has 29 heavy (non-hydrogen) atoms. The second-order valence-electron chi connectivity index (χ2n) is 7.28. The number of nitro benzene ring substituents is 1. The predicted molar refractivity (Wildman–Crippen MR) is 115 cm³/mol. The summed E-state index contributed by atoms with van der Waals surface area (Å²) < 4.78 is 7.41. The van der Waals surface area contributed by atoms with E-state index in [1.807, 2.05) is 24.3 Å².